The van der Waals surface area contributed by atoms with Crippen molar-refractivity contribution >= 4 is 5.91 Å². The normalized spacial score (nSPS) is 12.0. The lowest BCUT2D eigenvalue weighted by atomic mass is 9.88. The van der Waals surface area contributed by atoms with Gasteiger partial charge in [0.05, 0.1) is 18.9 Å². The zero-order chi connectivity index (χ0) is 21.5. The first-order chi connectivity index (χ1) is 14.4. The summed E-state index contributed by atoms with van der Waals surface area (Å²) in [5.74, 6) is 1.32. The van der Waals surface area contributed by atoms with Crippen molar-refractivity contribution < 1.29 is 18.3 Å². The van der Waals surface area contributed by atoms with E-state index in [0.29, 0.717) is 19.5 Å². The molecular weight excluding hydrogens is 381 g/mol. The van der Waals surface area contributed by atoms with Crippen molar-refractivity contribution in [2.24, 2.45) is 0 Å². The van der Waals surface area contributed by atoms with Crippen molar-refractivity contribution in [3.63, 3.8) is 0 Å². The lowest BCUT2D eigenvalue weighted by molar-refractivity contribution is -0.129. The topological polar surface area (TPSA) is 42.7 Å². The highest BCUT2D eigenvalue weighted by Crippen LogP contribution is 2.30. The Morgan fingerprint density at radius 2 is 1.67 bits per heavy atom. The third kappa shape index (κ3) is 5.96. The lowest BCUT2D eigenvalue weighted by Crippen LogP contribution is -2.30. The fourth-order valence-electron chi connectivity index (χ4n) is 3.50. The number of ether oxygens (including phenoxy) is 1. The summed E-state index contributed by atoms with van der Waals surface area (Å²) in [6.45, 7) is 6.53. The quantitative estimate of drug-likeness (QED) is 0.450. The van der Waals surface area contributed by atoms with Crippen LogP contribution < -0.4 is 4.74 Å². The second kappa shape index (κ2) is 10.1. The standard InChI is InChI=1S/C25H28FNO3/c1-18(2)30-23-12-8-21(9-13-23)25(20-6-10-22(26)11-7-20)14-15-27(19(3)28)17-24-5-4-16-29-24/h4-13,16,18,25H,14-15,17H2,1-3H3/t25-/m1/s1. The van der Waals surface area contributed by atoms with Gasteiger partial charge in [-0.3, -0.25) is 4.79 Å². The molecule has 0 bridgehead atoms. The van der Waals surface area contributed by atoms with Crippen molar-refractivity contribution in [3.05, 3.63) is 89.6 Å². The maximum atomic E-state index is 13.5. The predicted molar refractivity (Wildman–Crippen MR) is 115 cm³/mol. The van der Waals surface area contributed by atoms with Gasteiger partial charge >= 0.3 is 0 Å². The average Bonchev–Trinajstić information content (AvgIpc) is 3.22. The average molecular weight is 410 g/mol. The number of benzene rings is 2. The molecular formula is C25H28FNO3. The number of furan rings is 1. The van der Waals surface area contributed by atoms with Gasteiger partial charge in [-0.15, -0.1) is 0 Å². The third-order valence-corrected chi connectivity index (χ3v) is 4.99. The smallest absolute Gasteiger partial charge is 0.219 e. The van der Waals surface area contributed by atoms with Crippen molar-refractivity contribution in [3.8, 4) is 5.75 Å². The Hall–Kier alpha value is -3.08. The molecule has 0 spiro atoms. The van der Waals surface area contributed by atoms with Crippen LogP contribution in [0.2, 0.25) is 0 Å². The summed E-state index contributed by atoms with van der Waals surface area (Å²) in [7, 11) is 0. The van der Waals surface area contributed by atoms with Gasteiger partial charge in [-0.05, 0) is 67.8 Å². The largest absolute Gasteiger partial charge is 0.491 e. The molecule has 0 N–H and O–H groups in total. The first kappa shape index (κ1) is 21.6. The van der Waals surface area contributed by atoms with E-state index in [-0.39, 0.29) is 23.7 Å². The number of carbonyl (C=O) groups excluding carboxylic acids is 1. The van der Waals surface area contributed by atoms with E-state index in [1.807, 2.05) is 62.4 Å². The zero-order valence-corrected chi connectivity index (χ0v) is 17.7. The number of rotatable bonds is 9. The summed E-state index contributed by atoms with van der Waals surface area (Å²) in [4.78, 5) is 13.9. The van der Waals surface area contributed by atoms with E-state index in [9.17, 15) is 9.18 Å². The molecule has 0 saturated heterocycles. The number of hydrogen-bond donors (Lipinski definition) is 0. The third-order valence-electron chi connectivity index (χ3n) is 4.99. The van der Waals surface area contributed by atoms with E-state index in [1.54, 1.807) is 18.1 Å². The van der Waals surface area contributed by atoms with E-state index in [2.05, 4.69) is 0 Å². The summed E-state index contributed by atoms with van der Waals surface area (Å²) in [6, 6.07) is 18.2. The Morgan fingerprint density at radius 3 is 2.20 bits per heavy atom. The minimum atomic E-state index is -0.263. The van der Waals surface area contributed by atoms with E-state index >= 15 is 0 Å². The molecule has 1 heterocycles. The number of carbonyl (C=O) groups is 1. The van der Waals surface area contributed by atoms with Gasteiger partial charge in [0.2, 0.25) is 5.91 Å². The molecule has 30 heavy (non-hydrogen) atoms. The van der Waals surface area contributed by atoms with Crippen molar-refractivity contribution in [2.75, 3.05) is 6.54 Å². The first-order valence-electron chi connectivity index (χ1n) is 10.2. The van der Waals surface area contributed by atoms with E-state index < -0.39 is 0 Å². The molecule has 0 radical (unpaired) electrons. The van der Waals surface area contributed by atoms with Crippen LogP contribution in [0, 0.1) is 5.82 Å². The molecule has 0 saturated carbocycles. The van der Waals surface area contributed by atoms with Crippen LogP contribution in [0.3, 0.4) is 0 Å². The highest BCUT2D eigenvalue weighted by Gasteiger charge is 2.19. The van der Waals surface area contributed by atoms with Gasteiger partial charge in [0.1, 0.15) is 17.3 Å². The van der Waals surface area contributed by atoms with Gasteiger partial charge in [-0.25, -0.2) is 4.39 Å². The first-order valence-corrected chi connectivity index (χ1v) is 10.2. The van der Waals surface area contributed by atoms with E-state index in [0.717, 1.165) is 22.6 Å². The minimum Gasteiger partial charge on any atom is -0.491 e. The highest BCUT2D eigenvalue weighted by atomic mass is 19.1. The monoisotopic (exact) mass is 409 g/mol. The molecule has 5 heteroatoms. The van der Waals surface area contributed by atoms with Crippen molar-refractivity contribution in [1.82, 2.24) is 4.90 Å². The van der Waals surface area contributed by atoms with Crippen LogP contribution in [0.5, 0.6) is 5.75 Å². The Morgan fingerprint density at radius 1 is 1.03 bits per heavy atom. The Kier molecular flexibility index (Phi) is 7.28. The molecule has 1 amide bonds. The zero-order valence-electron chi connectivity index (χ0n) is 17.7. The van der Waals surface area contributed by atoms with E-state index in [1.165, 1.54) is 12.1 Å². The molecule has 3 rings (SSSR count). The summed E-state index contributed by atoms with van der Waals surface area (Å²) in [5, 5.41) is 0. The second-order valence-electron chi connectivity index (χ2n) is 7.65. The van der Waals surface area contributed by atoms with Crippen LogP contribution in [-0.2, 0) is 11.3 Å². The maximum absolute atomic E-state index is 13.5. The number of amides is 1. The van der Waals surface area contributed by atoms with Crippen LogP contribution in [0.4, 0.5) is 4.39 Å². The molecule has 3 aromatic rings. The van der Waals surface area contributed by atoms with Gasteiger partial charge < -0.3 is 14.1 Å². The number of hydrogen-bond acceptors (Lipinski definition) is 3. The molecule has 0 aliphatic rings. The molecule has 4 nitrogen and oxygen atoms in total. The summed E-state index contributed by atoms with van der Waals surface area (Å²) >= 11 is 0. The summed E-state index contributed by atoms with van der Waals surface area (Å²) in [5.41, 5.74) is 2.11. The molecule has 1 aromatic heterocycles. The molecule has 1 atom stereocenters. The van der Waals surface area contributed by atoms with Crippen LogP contribution in [0.1, 0.15) is 50.0 Å². The lowest BCUT2D eigenvalue weighted by Gasteiger charge is -2.24. The van der Waals surface area contributed by atoms with Gasteiger partial charge in [-0.1, -0.05) is 24.3 Å². The predicted octanol–water partition coefficient (Wildman–Crippen LogP) is 5.78. The molecule has 0 aliphatic carbocycles. The SMILES string of the molecule is CC(=O)N(CC[C@H](c1ccc(F)cc1)c1ccc(OC(C)C)cc1)Cc1ccco1. The number of halogens is 1. The molecule has 0 fully saturated rings. The van der Waals surface area contributed by atoms with Gasteiger partial charge in [-0.2, -0.15) is 0 Å². The van der Waals surface area contributed by atoms with Gasteiger partial charge in [0, 0.05) is 19.4 Å². The molecule has 0 unspecified atom stereocenters. The van der Waals surface area contributed by atoms with Gasteiger partial charge in [0.15, 0.2) is 0 Å². The second-order valence-corrected chi connectivity index (χ2v) is 7.65. The summed E-state index contributed by atoms with van der Waals surface area (Å²) in [6.07, 6.45) is 2.42. The van der Waals surface area contributed by atoms with Crippen LogP contribution in [0.25, 0.3) is 0 Å². The van der Waals surface area contributed by atoms with Crippen LogP contribution in [0.15, 0.2) is 71.3 Å². The van der Waals surface area contributed by atoms with Crippen LogP contribution >= 0.6 is 0 Å². The van der Waals surface area contributed by atoms with Crippen LogP contribution in [-0.4, -0.2) is 23.5 Å². The number of nitrogens with zero attached hydrogens (tertiary/aromatic N) is 1. The van der Waals surface area contributed by atoms with Crippen molar-refractivity contribution in [2.45, 2.75) is 45.8 Å². The Bertz CT molecular complexity index is 918. The fourth-order valence-corrected chi connectivity index (χ4v) is 3.50. The maximum Gasteiger partial charge on any atom is 0.219 e. The molecule has 158 valence electrons. The van der Waals surface area contributed by atoms with Gasteiger partial charge in [0.25, 0.3) is 0 Å². The molecule has 2 aromatic carbocycles. The highest BCUT2D eigenvalue weighted by molar-refractivity contribution is 5.73. The van der Waals surface area contributed by atoms with E-state index in [4.69, 9.17) is 9.15 Å². The summed E-state index contributed by atoms with van der Waals surface area (Å²) < 4.78 is 24.6. The fraction of sp³-hybridized carbons (Fsp3) is 0.320. The minimum absolute atomic E-state index is 0.00932. The Labute approximate surface area is 177 Å². The van der Waals surface area contributed by atoms with Crippen molar-refractivity contribution in [1.29, 1.82) is 0 Å². The molecule has 0 aliphatic heterocycles. The Balaban J connectivity index is 1.80.